The summed E-state index contributed by atoms with van der Waals surface area (Å²) in [6.45, 7) is 4.13. The predicted octanol–water partition coefficient (Wildman–Crippen LogP) is 1.53. The number of aryl methyl sites for hydroxylation is 1. The molecule has 1 saturated heterocycles. The number of likely N-dealkylation sites (tertiary alicyclic amines) is 1. The Morgan fingerprint density at radius 2 is 2.29 bits per heavy atom. The number of hydrogen-bond donors (Lipinski definition) is 0. The third-order valence-corrected chi connectivity index (χ3v) is 4.00. The van der Waals surface area contributed by atoms with Gasteiger partial charge in [0.2, 0.25) is 0 Å². The maximum absolute atomic E-state index is 9.02. The molecule has 90 valence electrons. The Bertz CT molecular complexity index is 446. The molecule has 2 aliphatic rings. The van der Waals surface area contributed by atoms with Crippen LogP contribution in [0.5, 0.6) is 0 Å². The van der Waals surface area contributed by atoms with Gasteiger partial charge in [-0.05, 0) is 24.8 Å². The molecule has 3 rings (SSSR count). The molecule has 1 saturated carbocycles. The molecular formula is C13H18N4. The maximum Gasteiger partial charge on any atom is 0.101 e. The number of rotatable bonds is 4. The molecule has 4 nitrogen and oxygen atoms in total. The summed E-state index contributed by atoms with van der Waals surface area (Å²) in [6.07, 6.45) is 8.29. The van der Waals surface area contributed by atoms with Gasteiger partial charge in [0.05, 0.1) is 18.7 Å². The highest BCUT2D eigenvalue weighted by molar-refractivity contribution is 5.12. The Morgan fingerprint density at radius 1 is 1.53 bits per heavy atom. The van der Waals surface area contributed by atoms with E-state index >= 15 is 0 Å². The standard InChI is InChI=1S/C13H18N4/c1-2-11-7-15-17(8-11)13(5-6-14)9-16(10-13)12-3-4-12/h7-8,12H,2-5,9-10H2,1H3. The van der Waals surface area contributed by atoms with Gasteiger partial charge in [0.25, 0.3) is 0 Å². The number of aromatic nitrogens is 2. The molecule has 0 spiro atoms. The molecule has 4 heteroatoms. The van der Waals surface area contributed by atoms with Crippen molar-refractivity contribution in [3.05, 3.63) is 18.0 Å². The van der Waals surface area contributed by atoms with Crippen LogP contribution in [0, 0.1) is 11.3 Å². The van der Waals surface area contributed by atoms with Crippen molar-refractivity contribution in [2.75, 3.05) is 13.1 Å². The zero-order valence-electron chi connectivity index (χ0n) is 10.3. The first kappa shape index (κ1) is 10.8. The molecule has 17 heavy (non-hydrogen) atoms. The molecule has 0 radical (unpaired) electrons. The molecule has 1 aromatic heterocycles. The third-order valence-electron chi connectivity index (χ3n) is 4.00. The normalized spacial score (nSPS) is 23.1. The van der Waals surface area contributed by atoms with E-state index in [9.17, 15) is 0 Å². The highest BCUT2D eigenvalue weighted by Gasteiger charge is 2.49. The number of nitriles is 1. The second-order valence-electron chi connectivity index (χ2n) is 5.34. The van der Waals surface area contributed by atoms with Gasteiger partial charge in [-0.2, -0.15) is 10.4 Å². The van der Waals surface area contributed by atoms with E-state index in [1.54, 1.807) is 0 Å². The summed E-state index contributed by atoms with van der Waals surface area (Å²) in [6, 6.07) is 3.12. The largest absolute Gasteiger partial charge is 0.295 e. The van der Waals surface area contributed by atoms with Crippen molar-refractivity contribution in [3.8, 4) is 6.07 Å². The van der Waals surface area contributed by atoms with E-state index in [-0.39, 0.29) is 5.54 Å². The van der Waals surface area contributed by atoms with Crippen LogP contribution in [0.2, 0.25) is 0 Å². The summed E-state index contributed by atoms with van der Waals surface area (Å²) in [5.41, 5.74) is 1.21. The van der Waals surface area contributed by atoms with Gasteiger partial charge in [0.1, 0.15) is 5.54 Å². The molecule has 0 aromatic carbocycles. The summed E-state index contributed by atoms with van der Waals surface area (Å²) < 4.78 is 2.04. The summed E-state index contributed by atoms with van der Waals surface area (Å²) in [4.78, 5) is 2.49. The molecular weight excluding hydrogens is 212 g/mol. The molecule has 0 unspecified atom stereocenters. The lowest BCUT2D eigenvalue weighted by molar-refractivity contribution is -0.00120. The minimum atomic E-state index is -0.0508. The Morgan fingerprint density at radius 3 is 2.82 bits per heavy atom. The maximum atomic E-state index is 9.02. The van der Waals surface area contributed by atoms with Gasteiger partial charge in [-0.1, -0.05) is 6.92 Å². The van der Waals surface area contributed by atoms with Crippen LogP contribution in [0.4, 0.5) is 0 Å². The lowest BCUT2D eigenvalue weighted by Gasteiger charge is -2.49. The molecule has 2 fully saturated rings. The van der Waals surface area contributed by atoms with Gasteiger partial charge in [-0.15, -0.1) is 0 Å². The first-order valence-corrected chi connectivity index (χ1v) is 6.42. The van der Waals surface area contributed by atoms with Gasteiger partial charge >= 0.3 is 0 Å². The first-order valence-electron chi connectivity index (χ1n) is 6.42. The molecule has 0 amide bonds. The second-order valence-corrected chi connectivity index (χ2v) is 5.34. The topological polar surface area (TPSA) is 44.9 Å². The molecule has 1 aromatic rings. The lowest BCUT2D eigenvalue weighted by atomic mass is 9.86. The van der Waals surface area contributed by atoms with Gasteiger partial charge in [-0.3, -0.25) is 9.58 Å². The van der Waals surface area contributed by atoms with E-state index in [0.717, 1.165) is 25.6 Å². The zero-order valence-corrected chi connectivity index (χ0v) is 10.3. The number of nitrogens with zero attached hydrogens (tertiary/aromatic N) is 4. The van der Waals surface area contributed by atoms with Crippen LogP contribution < -0.4 is 0 Å². The van der Waals surface area contributed by atoms with E-state index in [0.29, 0.717) is 6.42 Å². The highest BCUT2D eigenvalue weighted by atomic mass is 15.4. The van der Waals surface area contributed by atoms with E-state index in [4.69, 9.17) is 5.26 Å². The summed E-state index contributed by atoms with van der Waals surface area (Å²) in [7, 11) is 0. The molecule has 0 N–H and O–H groups in total. The van der Waals surface area contributed by atoms with Crippen LogP contribution in [0.25, 0.3) is 0 Å². The van der Waals surface area contributed by atoms with Gasteiger partial charge in [0.15, 0.2) is 0 Å². The van der Waals surface area contributed by atoms with E-state index in [1.807, 2.05) is 10.9 Å². The van der Waals surface area contributed by atoms with E-state index in [2.05, 4.69) is 29.2 Å². The van der Waals surface area contributed by atoms with Crippen molar-refractivity contribution in [1.29, 1.82) is 5.26 Å². The van der Waals surface area contributed by atoms with Gasteiger partial charge in [-0.25, -0.2) is 0 Å². The Balaban J connectivity index is 1.78. The van der Waals surface area contributed by atoms with E-state index in [1.165, 1.54) is 18.4 Å². The third kappa shape index (κ3) is 1.75. The zero-order chi connectivity index (χ0) is 11.9. The summed E-state index contributed by atoms with van der Waals surface area (Å²) in [5.74, 6) is 0. The second kappa shape index (κ2) is 3.85. The van der Waals surface area contributed by atoms with Crippen molar-refractivity contribution < 1.29 is 0 Å². The fourth-order valence-corrected chi connectivity index (χ4v) is 2.69. The molecule has 1 aliphatic heterocycles. The van der Waals surface area contributed by atoms with Crippen LogP contribution >= 0.6 is 0 Å². The van der Waals surface area contributed by atoms with Crippen LogP contribution in [-0.4, -0.2) is 33.8 Å². The average Bonchev–Trinajstić information content (AvgIpc) is 3.00. The minimum Gasteiger partial charge on any atom is -0.295 e. The molecule has 0 bridgehead atoms. The fraction of sp³-hybridized carbons (Fsp3) is 0.692. The SMILES string of the molecule is CCc1cnn(C2(CC#N)CN(C3CC3)C2)c1. The van der Waals surface area contributed by atoms with Crippen LogP contribution in [0.1, 0.15) is 31.7 Å². The molecule has 2 heterocycles. The summed E-state index contributed by atoms with van der Waals surface area (Å²) in [5, 5.41) is 13.5. The van der Waals surface area contributed by atoms with E-state index < -0.39 is 0 Å². The average molecular weight is 230 g/mol. The summed E-state index contributed by atoms with van der Waals surface area (Å²) >= 11 is 0. The highest BCUT2D eigenvalue weighted by Crippen LogP contribution is 2.39. The molecule has 0 atom stereocenters. The van der Waals surface area contributed by atoms with Crippen molar-refractivity contribution in [3.63, 3.8) is 0 Å². The van der Waals surface area contributed by atoms with Crippen LogP contribution in [-0.2, 0) is 12.0 Å². The Hall–Kier alpha value is -1.34. The van der Waals surface area contributed by atoms with Crippen molar-refractivity contribution in [2.45, 2.75) is 44.2 Å². The van der Waals surface area contributed by atoms with Gasteiger partial charge < -0.3 is 0 Å². The molecule has 1 aliphatic carbocycles. The monoisotopic (exact) mass is 230 g/mol. The van der Waals surface area contributed by atoms with Crippen LogP contribution in [0.15, 0.2) is 12.4 Å². The van der Waals surface area contributed by atoms with Gasteiger partial charge in [0, 0.05) is 25.3 Å². The Kier molecular flexibility index (Phi) is 2.44. The van der Waals surface area contributed by atoms with Crippen LogP contribution in [0.3, 0.4) is 0 Å². The quantitative estimate of drug-likeness (QED) is 0.788. The lowest BCUT2D eigenvalue weighted by Crippen LogP contribution is -2.63. The van der Waals surface area contributed by atoms with Crippen molar-refractivity contribution >= 4 is 0 Å². The smallest absolute Gasteiger partial charge is 0.101 e. The minimum absolute atomic E-state index is 0.0508. The Labute approximate surface area is 102 Å². The fourth-order valence-electron chi connectivity index (χ4n) is 2.69. The van der Waals surface area contributed by atoms with Crippen molar-refractivity contribution in [1.82, 2.24) is 14.7 Å². The first-order chi connectivity index (χ1) is 8.27. The predicted molar refractivity (Wildman–Crippen MR) is 64.4 cm³/mol. The van der Waals surface area contributed by atoms with Crippen molar-refractivity contribution in [2.24, 2.45) is 0 Å². The number of hydrogen-bond acceptors (Lipinski definition) is 3.